The predicted molar refractivity (Wildman–Crippen MR) is 87.6 cm³/mol. The molecule has 4 nitrogen and oxygen atoms in total. The number of amides is 1. The second-order valence-corrected chi connectivity index (χ2v) is 6.66. The van der Waals surface area contributed by atoms with Crippen molar-refractivity contribution in [2.75, 3.05) is 13.7 Å². The smallest absolute Gasteiger partial charge is 0.273 e. The molecule has 0 saturated carbocycles. The molecule has 1 aromatic carbocycles. The van der Waals surface area contributed by atoms with Gasteiger partial charge in [0, 0.05) is 18.0 Å². The van der Waals surface area contributed by atoms with E-state index in [-0.39, 0.29) is 11.9 Å². The van der Waals surface area contributed by atoms with Gasteiger partial charge < -0.3 is 9.64 Å². The summed E-state index contributed by atoms with van der Waals surface area (Å²) >= 11 is 1.53. The molecule has 116 valence electrons. The molecule has 22 heavy (non-hydrogen) atoms. The zero-order valence-corrected chi connectivity index (χ0v) is 13.7. The molecule has 1 amide bonds. The number of hydrogen-bond acceptors (Lipinski definition) is 4. The number of aryl methyl sites for hydroxylation is 1. The van der Waals surface area contributed by atoms with Crippen molar-refractivity contribution in [2.24, 2.45) is 0 Å². The fraction of sp³-hybridized carbons (Fsp3) is 0.412. The molecule has 0 unspecified atom stereocenters. The van der Waals surface area contributed by atoms with E-state index in [1.165, 1.54) is 16.9 Å². The van der Waals surface area contributed by atoms with Gasteiger partial charge in [0.1, 0.15) is 11.4 Å². The van der Waals surface area contributed by atoms with Gasteiger partial charge in [-0.1, -0.05) is 12.1 Å². The average Bonchev–Trinajstić information content (AvgIpc) is 3.16. The van der Waals surface area contributed by atoms with Crippen LogP contribution in [0, 0.1) is 6.92 Å². The van der Waals surface area contributed by atoms with Gasteiger partial charge >= 0.3 is 0 Å². The Morgan fingerprint density at radius 1 is 1.41 bits per heavy atom. The molecule has 2 heterocycles. The van der Waals surface area contributed by atoms with Crippen molar-refractivity contribution in [2.45, 2.75) is 32.2 Å². The quantitative estimate of drug-likeness (QED) is 0.869. The molecule has 0 bridgehead atoms. The number of carbonyl (C=O) groups is 1. The zero-order chi connectivity index (χ0) is 15.5. The largest absolute Gasteiger partial charge is 0.497 e. The lowest BCUT2D eigenvalue weighted by atomic mass is 10.0. The summed E-state index contributed by atoms with van der Waals surface area (Å²) < 4.78 is 5.19. The highest BCUT2D eigenvalue weighted by molar-refractivity contribution is 7.09. The maximum Gasteiger partial charge on any atom is 0.273 e. The Morgan fingerprint density at radius 2 is 2.18 bits per heavy atom. The summed E-state index contributed by atoms with van der Waals surface area (Å²) in [7, 11) is 1.67. The van der Waals surface area contributed by atoms with E-state index in [1.807, 2.05) is 29.3 Å². The van der Waals surface area contributed by atoms with Crippen LogP contribution in [-0.2, 0) is 6.42 Å². The molecule has 1 atom stereocenters. The van der Waals surface area contributed by atoms with Crippen LogP contribution in [0.5, 0.6) is 5.75 Å². The first-order chi connectivity index (χ1) is 10.7. The van der Waals surface area contributed by atoms with Gasteiger partial charge in [-0.25, -0.2) is 4.98 Å². The lowest BCUT2D eigenvalue weighted by Crippen LogP contribution is -2.37. The predicted octanol–water partition coefficient (Wildman–Crippen LogP) is 3.31. The van der Waals surface area contributed by atoms with Gasteiger partial charge in [0.05, 0.1) is 12.1 Å². The van der Waals surface area contributed by atoms with E-state index in [0.29, 0.717) is 5.69 Å². The lowest BCUT2D eigenvalue weighted by molar-refractivity contribution is 0.0731. The SMILES string of the molecule is COc1ccc(C[C@H]2CCCN2C(=O)c2csc(C)n2)cc1. The van der Waals surface area contributed by atoms with Gasteiger partial charge in [-0.2, -0.15) is 0 Å². The Hall–Kier alpha value is -1.88. The summed E-state index contributed by atoms with van der Waals surface area (Å²) in [5.74, 6) is 0.932. The number of thiazole rings is 1. The first kappa shape index (κ1) is 15.0. The molecule has 0 spiro atoms. The van der Waals surface area contributed by atoms with E-state index in [4.69, 9.17) is 4.74 Å². The third-order valence-electron chi connectivity index (χ3n) is 4.11. The summed E-state index contributed by atoms with van der Waals surface area (Å²) in [6.07, 6.45) is 3.01. The molecule has 1 saturated heterocycles. The number of likely N-dealkylation sites (tertiary alicyclic amines) is 1. The van der Waals surface area contributed by atoms with Crippen LogP contribution in [0.3, 0.4) is 0 Å². The van der Waals surface area contributed by atoms with Crippen LogP contribution in [0.2, 0.25) is 0 Å². The van der Waals surface area contributed by atoms with Crippen LogP contribution in [0.15, 0.2) is 29.6 Å². The first-order valence-electron chi connectivity index (χ1n) is 7.53. The highest BCUT2D eigenvalue weighted by atomic mass is 32.1. The van der Waals surface area contributed by atoms with E-state index in [2.05, 4.69) is 17.1 Å². The molecule has 0 radical (unpaired) electrons. The molecule has 1 aliphatic heterocycles. The molecule has 0 aliphatic carbocycles. The second-order valence-electron chi connectivity index (χ2n) is 5.60. The van der Waals surface area contributed by atoms with E-state index >= 15 is 0 Å². The third-order valence-corrected chi connectivity index (χ3v) is 4.88. The van der Waals surface area contributed by atoms with Gasteiger partial charge in [-0.3, -0.25) is 4.79 Å². The van der Waals surface area contributed by atoms with Crippen LogP contribution >= 0.6 is 11.3 Å². The van der Waals surface area contributed by atoms with Crippen molar-refractivity contribution >= 4 is 17.2 Å². The Labute approximate surface area is 134 Å². The normalized spacial score (nSPS) is 17.7. The third kappa shape index (κ3) is 3.14. The number of benzene rings is 1. The van der Waals surface area contributed by atoms with Crippen molar-refractivity contribution in [3.05, 3.63) is 45.9 Å². The molecule has 1 fully saturated rings. The molecule has 2 aromatic rings. The van der Waals surface area contributed by atoms with Gasteiger partial charge in [-0.15, -0.1) is 11.3 Å². The summed E-state index contributed by atoms with van der Waals surface area (Å²) in [4.78, 5) is 18.9. The summed E-state index contributed by atoms with van der Waals surface area (Å²) in [6, 6.07) is 8.36. The number of methoxy groups -OCH3 is 1. The summed E-state index contributed by atoms with van der Waals surface area (Å²) in [5, 5.41) is 2.80. The fourth-order valence-electron chi connectivity index (χ4n) is 2.96. The van der Waals surface area contributed by atoms with Crippen LogP contribution in [0.4, 0.5) is 0 Å². The number of carbonyl (C=O) groups excluding carboxylic acids is 1. The number of hydrogen-bond donors (Lipinski definition) is 0. The maximum atomic E-state index is 12.6. The fourth-order valence-corrected chi connectivity index (χ4v) is 3.54. The number of rotatable bonds is 4. The standard InChI is InChI=1S/C17H20N2O2S/c1-12-18-16(11-22-12)17(20)19-9-3-4-14(19)10-13-5-7-15(21-2)8-6-13/h5-8,11,14H,3-4,9-10H2,1-2H3/t14-/m1/s1. The van der Waals surface area contributed by atoms with Crippen LogP contribution in [0.1, 0.15) is 33.9 Å². The van der Waals surface area contributed by atoms with Crippen LogP contribution in [0.25, 0.3) is 0 Å². The van der Waals surface area contributed by atoms with Crippen LogP contribution in [-0.4, -0.2) is 35.5 Å². The molecular formula is C17H20N2O2S. The molecule has 3 rings (SSSR count). The Morgan fingerprint density at radius 3 is 2.82 bits per heavy atom. The first-order valence-corrected chi connectivity index (χ1v) is 8.41. The topological polar surface area (TPSA) is 42.4 Å². The minimum absolute atomic E-state index is 0.0698. The van der Waals surface area contributed by atoms with E-state index in [9.17, 15) is 4.79 Å². The minimum atomic E-state index is 0.0698. The summed E-state index contributed by atoms with van der Waals surface area (Å²) in [5.41, 5.74) is 1.82. The van der Waals surface area contributed by atoms with Crippen molar-refractivity contribution in [3.8, 4) is 5.75 Å². The highest BCUT2D eigenvalue weighted by Crippen LogP contribution is 2.24. The molecule has 1 aromatic heterocycles. The molecule has 0 N–H and O–H groups in total. The highest BCUT2D eigenvalue weighted by Gasteiger charge is 2.30. The monoisotopic (exact) mass is 316 g/mol. The van der Waals surface area contributed by atoms with Gasteiger partial charge in [-0.05, 0) is 43.9 Å². The van der Waals surface area contributed by atoms with E-state index < -0.39 is 0 Å². The van der Waals surface area contributed by atoms with Crippen LogP contribution < -0.4 is 4.74 Å². The van der Waals surface area contributed by atoms with Crippen molar-refractivity contribution in [3.63, 3.8) is 0 Å². The zero-order valence-electron chi connectivity index (χ0n) is 12.9. The Balaban J connectivity index is 1.71. The van der Waals surface area contributed by atoms with Gasteiger partial charge in [0.25, 0.3) is 5.91 Å². The van der Waals surface area contributed by atoms with Gasteiger partial charge in [0.2, 0.25) is 0 Å². The van der Waals surface area contributed by atoms with Crippen molar-refractivity contribution in [1.29, 1.82) is 0 Å². The van der Waals surface area contributed by atoms with Crippen molar-refractivity contribution in [1.82, 2.24) is 9.88 Å². The average molecular weight is 316 g/mol. The number of nitrogens with zero attached hydrogens (tertiary/aromatic N) is 2. The summed E-state index contributed by atoms with van der Waals surface area (Å²) in [6.45, 7) is 2.76. The van der Waals surface area contributed by atoms with Crippen molar-refractivity contribution < 1.29 is 9.53 Å². The maximum absolute atomic E-state index is 12.6. The molecular weight excluding hydrogens is 296 g/mol. The molecule has 5 heteroatoms. The molecule has 1 aliphatic rings. The van der Waals surface area contributed by atoms with E-state index in [0.717, 1.165) is 36.6 Å². The lowest BCUT2D eigenvalue weighted by Gasteiger charge is -2.24. The number of ether oxygens (including phenoxy) is 1. The number of aromatic nitrogens is 1. The van der Waals surface area contributed by atoms with Gasteiger partial charge in [0.15, 0.2) is 0 Å². The Bertz CT molecular complexity index is 651. The second kappa shape index (κ2) is 6.48. The minimum Gasteiger partial charge on any atom is -0.497 e. The Kier molecular flexibility index (Phi) is 4.43. The van der Waals surface area contributed by atoms with E-state index in [1.54, 1.807) is 7.11 Å².